The zero-order valence-corrected chi connectivity index (χ0v) is 7.38. The maximum atomic E-state index is 6.05. The molecule has 2 heterocycles. The summed E-state index contributed by atoms with van der Waals surface area (Å²) in [6.07, 6.45) is 2.87. The summed E-state index contributed by atoms with van der Waals surface area (Å²) >= 11 is 0. The van der Waals surface area contributed by atoms with Crippen molar-refractivity contribution in [3.8, 4) is 0 Å². The van der Waals surface area contributed by atoms with Crippen LogP contribution in [0.5, 0.6) is 0 Å². The Labute approximate surface area is 76.0 Å². The molecule has 1 aliphatic carbocycles. The molecule has 1 aliphatic heterocycles. The first-order valence-electron chi connectivity index (χ1n) is 4.64. The van der Waals surface area contributed by atoms with Crippen molar-refractivity contribution in [1.29, 1.82) is 0 Å². The van der Waals surface area contributed by atoms with Crippen molar-refractivity contribution in [2.75, 3.05) is 6.61 Å². The molecular formula is C9H12N2O2. The number of ether oxygens (including phenoxy) is 1. The molecule has 0 unspecified atom stereocenters. The summed E-state index contributed by atoms with van der Waals surface area (Å²) in [5, 5.41) is 4.03. The Morgan fingerprint density at radius 3 is 3.00 bits per heavy atom. The molecule has 2 aliphatic rings. The maximum absolute atomic E-state index is 6.05. The summed E-state index contributed by atoms with van der Waals surface area (Å²) in [6, 6.07) is 0. The molecule has 4 heteroatoms. The van der Waals surface area contributed by atoms with Gasteiger partial charge in [0.15, 0.2) is 5.76 Å². The van der Waals surface area contributed by atoms with E-state index in [9.17, 15) is 0 Å². The summed E-state index contributed by atoms with van der Waals surface area (Å²) in [5.41, 5.74) is 7.97. The van der Waals surface area contributed by atoms with Crippen molar-refractivity contribution in [2.45, 2.75) is 31.4 Å². The molecule has 70 valence electrons. The average molecular weight is 180 g/mol. The first-order valence-corrected chi connectivity index (χ1v) is 4.64. The van der Waals surface area contributed by atoms with Crippen molar-refractivity contribution in [3.05, 3.63) is 17.0 Å². The van der Waals surface area contributed by atoms with Crippen molar-refractivity contribution in [1.82, 2.24) is 5.16 Å². The van der Waals surface area contributed by atoms with Crippen molar-refractivity contribution in [2.24, 2.45) is 5.73 Å². The van der Waals surface area contributed by atoms with Gasteiger partial charge in [-0.1, -0.05) is 5.16 Å². The molecule has 1 saturated carbocycles. The lowest BCUT2D eigenvalue weighted by molar-refractivity contribution is 0.109. The third kappa shape index (κ3) is 1.02. The van der Waals surface area contributed by atoms with E-state index in [1.807, 2.05) is 0 Å². The van der Waals surface area contributed by atoms with Gasteiger partial charge in [0, 0.05) is 12.0 Å². The summed E-state index contributed by atoms with van der Waals surface area (Å²) < 4.78 is 10.7. The number of fused-ring (bicyclic) bond motifs is 1. The quantitative estimate of drug-likeness (QED) is 0.690. The van der Waals surface area contributed by atoms with Crippen LogP contribution in [-0.2, 0) is 23.3 Å². The van der Waals surface area contributed by atoms with Crippen molar-refractivity contribution < 1.29 is 9.26 Å². The third-order valence-electron chi connectivity index (χ3n) is 2.84. The molecule has 1 aromatic rings. The van der Waals surface area contributed by atoms with Crippen LogP contribution in [0.4, 0.5) is 0 Å². The highest BCUT2D eigenvalue weighted by Gasteiger charge is 2.46. The zero-order chi connectivity index (χ0) is 8.89. The van der Waals surface area contributed by atoms with Crippen LogP contribution in [-0.4, -0.2) is 11.8 Å². The first kappa shape index (κ1) is 7.53. The Morgan fingerprint density at radius 2 is 2.23 bits per heavy atom. The Balaban J connectivity index is 2.06. The van der Waals surface area contributed by atoms with Gasteiger partial charge in [0.05, 0.1) is 24.4 Å². The summed E-state index contributed by atoms with van der Waals surface area (Å²) in [5.74, 6) is 0.863. The topological polar surface area (TPSA) is 61.3 Å². The average Bonchev–Trinajstić information content (AvgIpc) is 2.76. The number of hydrogen-bond acceptors (Lipinski definition) is 4. The van der Waals surface area contributed by atoms with E-state index in [1.54, 1.807) is 0 Å². The number of hydrogen-bond donors (Lipinski definition) is 1. The second-order valence-electron chi connectivity index (χ2n) is 3.90. The Hall–Kier alpha value is -0.870. The predicted molar refractivity (Wildman–Crippen MR) is 45.0 cm³/mol. The van der Waals surface area contributed by atoms with Gasteiger partial charge in [0.25, 0.3) is 0 Å². The van der Waals surface area contributed by atoms with Gasteiger partial charge in [-0.3, -0.25) is 0 Å². The van der Waals surface area contributed by atoms with Crippen LogP contribution in [0.1, 0.15) is 29.9 Å². The molecule has 0 radical (unpaired) electrons. The normalized spacial score (nSPS) is 24.1. The van der Waals surface area contributed by atoms with Crippen LogP contribution in [0.2, 0.25) is 0 Å². The van der Waals surface area contributed by atoms with Crippen molar-refractivity contribution >= 4 is 0 Å². The molecule has 1 aromatic heterocycles. The predicted octanol–water partition coefficient (Wildman–Crippen LogP) is 0.695. The minimum atomic E-state index is -0.221. The van der Waals surface area contributed by atoms with Crippen LogP contribution in [0.25, 0.3) is 0 Å². The van der Waals surface area contributed by atoms with Crippen LogP contribution >= 0.6 is 0 Å². The number of nitrogens with two attached hydrogens (primary N) is 1. The van der Waals surface area contributed by atoms with Crippen LogP contribution in [0.3, 0.4) is 0 Å². The van der Waals surface area contributed by atoms with E-state index in [4.69, 9.17) is 15.0 Å². The lowest BCUT2D eigenvalue weighted by atomic mass is 10.0. The van der Waals surface area contributed by atoms with Crippen LogP contribution in [0, 0.1) is 0 Å². The summed E-state index contributed by atoms with van der Waals surface area (Å²) in [4.78, 5) is 0. The molecule has 0 saturated heterocycles. The van der Waals surface area contributed by atoms with Gasteiger partial charge < -0.3 is 15.0 Å². The molecule has 0 atom stereocenters. The summed E-state index contributed by atoms with van der Waals surface area (Å²) in [6.45, 7) is 1.36. The molecule has 3 rings (SSSR count). The molecule has 0 spiro atoms. The fourth-order valence-electron chi connectivity index (χ4n) is 1.78. The lowest BCUT2D eigenvalue weighted by Gasteiger charge is -2.12. The zero-order valence-electron chi connectivity index (χ0n) is 7.38. The first-order chi connectivity index (χ1) is 6.30. The smallest absolute Gasteiger partial charge is 0.162 e. The van der Waals surface area contributed by atoms with Gasteiger partial charge in [0.2, 0.25) is 0 Å². The maximum Gasteiger partial charge on any atom is 0.162 e. The van der Waals surface area contributed by atoms with Gasteiger partial charge in [-0.05, 0) is 12.8 Å². The molecule has 0 bridgehead atoms. The van der Waals surface area contributed by atoms with E-state index < -0.39 is 0 Å². The molecule has 0 aromatic carbocycles. The fraction of sp³-hybridized carbons (Fsp3) is 0.667. The monoisotopic (exact) mass is 180 g/mol. The number of aromatic nitrogens is 1. The van der Waals surface area contributed by atoms with Gasteiger partial charge in [-0.25, -0.2) is 0 Å². The second-order valence-corrected chi connectivity index (χ2v) is 3.90. The highest BCUT2D eigenvalue weighted by Crippen LogP contribution is 2.45. The number of nitrogens with zero attached hydrogens (tertiary/aromatic N) is 1. The van der Waals surface area contributed by atoms with E-state index in [1.165, 1.54) is 0 Å². The van der Waals surface area contributed by atoms with Crippen molar-refractivity contribution in [3.63, 3.8) is 0 Å². The molecule has 13 heavy (non-hydrogen) atoms. The van der Waals surface area contributed by atoms with Crippen LogP contribution < -0.4 is 5.73 Å². The molecule has 4 nitrogen and oxygen atoms in total. The molecule has 0 amide bonds. The minimum absolute atomic E-state index is 0.221. The Bertz CT molecular complexity index is 341. The standard InChI is InChI=1S/C9H12N2O2/c10-9(2-3-9)8-6-5-12-4-1-7(6)11-13-8/h1-5,10H2. The van der Waals surface area contributed by atoms with E-state index >= 15 is 0 Å². The largest absolute Gasteiger partial charge is 0.376 e. The van der Waals surface area contributed by atoms with Crippen LogP contribution in [0.15, 0.2) is 4.52 Å². The molecular weight excluding hydrogens is 168 g/mol. The summed E-state index contributed by atoms with van der Waals surface area (Å²) in [7, 11) is 0. The molecule has 1 fully saturated rings. The van der Waals surface area contributed by atoms with E-state index in [0.717, 1.165) is 42.9 Å². The highest BCUT2D eigenvalue weighted by atomic mass is 16.5. The fourth-order valence-corrected chi connectivity index (χ4v) is 1.78. The second kappa shape index (κ2) is 2.33. The van der Waals surface area contributed by atoms with E-state index in [2.05, 4.69) is 5.16 Å². The lowest BCUT2D eigenvalue weighted by Crippen LogP contribution is -2.21. The third-order valence-corrected chi connectivity index (χ3v) is 2.84. The van der Waals surface area contributed by atoms with E-state index in [0.29, 0.717) is 6.61 Å². The SMILES string of the molecule is NC1(c2onc3c2COCC3)CC1. The van der Waals surface area contributed by atoms with E-state index in [-0.39, 0.29) is 5.54 Å². The van der Waals surface area contributed by atoms with Gasteiger partial charge >= 0.3 is 0 Å². The highest BCUT2D eigenvalue weighted by molar-refractivity contribution is 5.32. The molecule has 2 N–H and O–H groups in total. The van der Waals surface area contributed by atoms with Gasteiger partial charge in [-0.2, -0.15) is 0 Å². The number of rotatable bonds is 1. The minimum Gasteiger partial charge on any atom is -0.376 e. The van der Waals surface area contributed by atoms with Gasteiger partial charge in [0.1, 0.15) is 0 Å². The van der Waals surface area contributed by atoms with Gasteiger partial charge in [-0.15, -0.1) is 0 Å². The Morgan fingerprint density at radius 1 is 1.38 bits per heavy atom. The Kier molecular flexibility index (Phi) is 1.35.